The van der Waals surface area contributed by atoms with Crippen molar-refractivity contribution in [1.29, 1.82) is 0 Å². The number of benzene rings is 1. The number of anilines is 1. The van der Waals surface area contributed by atoms with Crippen LogP contribution in [0.1, 0.15) is 52.4 Å². The number of carbonyl (C=O) groups is 1. The highest BCUT2D eigenvalue weighted by Gasteiger charge is 2.17. The Kier molecular flexibility index (Phi) is 5.44. The third-order valence-corrected chi connectivity index (χ3v) is 4.77. The van der Waals surface area contributed by atoms with E-state index in [1.54, 1.807) is 4.68 Å². The first-order valence-electron chi connectivity index (χ1n) is 9.39. The van der Waals surface area contributed by atoms with Crippen LogP contribution in [0.3, 0.4) is 0 Å². The van der Waals surface area contributed by atoms with Gasteiger partial charge in [-0.2, -0.15) is 10.2 Å². The van der Waals surface area contributed by atoms with E-state index in [9.17, 15) is 4.79 Å². The van der Waals surface area contributed by atoms with Crippen LogP contribution >= 0.6 is 0 Å². The lowest BCUT2D eigenvalue weighted by molar-refractivity contribution is 0.102. The van der Waals surface area contributed by atoms with Crippen LogP contribution in [-0.2, 0) is 26.4 Å². The van der Waals surface area contributed by atoms with Crippen LogP contribution in [0, 0.1) is 13.8 Å². The number of nitrogens with zero attached hydrogens (tertiary/aromatic N) is 4. The number of nitrogens with one attached hydrogen (secondary N) is 1. The Hall–Kier alpha value is -2.89. The predicted octanol–water partition coefficient (Wildman–Crippen LogP) is 3.66. The van der Waals surface area contributed by atoms with E-state index in [4.69, 9.17) is 0 Å². The minimum atomic E-state index is -0.120. The molecule has 0 saturated carbocycles. The molecule has 0 aliphatic carbocycles. The van der Waals surface area contributed by atoms with Gasteiger partial charge in [0.05, 0.1) is 17.9 Å². The fraction of sp³-hybridized carbons (Fsp3) is 0.381. The van der Waals surface area contributed by atoms with Crippen LogP contribution in [0.4, 0.5) is 5.82 Å². The van der Waals surface area contributed by atoms with Crippen LogP contribution in [0.2, 0.25) is 0 Å². The van der Waals surface area contributed by atoms with Crippen molar-refractivity contribution in [3.8, 4) is 0 Å². The molecule has 2 aromatic heterocycles. The summed E-state index contributed by atoms with van der Waals surface area (Å²) in [6.07, 6.45) is 1.69. The van der Waals surface area contributed by atoms with Crippen LogP contribution in [-0.4, -0.2) is 25.5 Å². The molecule has 0 aliphatic heterocycles. The highest BCUT2D eigenvalue weighted by Crippen LogP contribution is 2.21. The van der Waals surface area contributed by atoms with Gasteiger partial charge < -0.3 is 5.32 Å². The Morgan fingerprint density at radius 3 is 2.52 bits per heavy atom. The first kappa shape index (κ1) is 18.9. The maximum atomic E-state index is 12.8. The molecule has 6 nitrogen and oxygen atoms in total. The number of carbonyl (C=O) groups excluding carboxylic acids is 1. The van der Waals surface area contributed by atoms with Gasteiger partial charge in [0.2, 0.25) is 0 Å². The van der Waals surface area contributed by atoms with Gasteiger partial charge >= 0.3 is 0 Å². The normalized spacial score (nSPS) is 11.0. The fourth-order valence-electron chi connectivity index (χ4n) is 3.43. The van der Waals surface area contributed by atoms with Crippen molar-refractivity contribution in [2.45, 2.75) is 47.1 Å². The molecule has 0 radical (unpaired) electrons. The number of amides is 1. The summed E-state index contributed by atoms with van der Waals surface area (Å²) in [4.78, 5) is 12.8. The Bertz CT molecular complexity index is 967. The molecule has 0 unspecified atom stereocenters. The van der Waals surface area contributed by atoms with Crippen molar-refractivity contribution in [3.05, 3.63) is 64.1 Å². The summed E-state index contributed by atoms with van der Waals surface area (Å²) in [6, 6.07) is 9.75. The zero-order valence-corrected chi connectivity index (χ0v) is 16.7. The SMILES string of the molecule is CCc1nn(C)c(NC(=O)c2cccc(Cn3nc(C)cc3C)c2)c1CC. The maximum absolute atomic E-state index is 12.8. The quantitative estimate of drug-likeness (QED) is 0.725. The smallest absolute Gasteiger partial charge is 0.256 e. The molecule has 6 heteroatoms. The van der Waals surface area contributed by atoms with Gasteiger partial charge in [0.1, 0.15) is 5.82 Å². The number of hydrogen-bond donors (Lipinski definition) is 1. The average molecular weight is 365 g/mol. The summed E-state index contributed by atoms with van der Waals surface area (Å²) in [6.45, 7) is 8.83. The van der Waals surface area contributed by atoms with Crippen LogP contribution < -0.4 is 5.32 Å². The summed E-state index contributed by atoms with van der Waals surface area (Å²) in [5.74, 6) is 0.661. The molecule has 142 valence electrons. The largest absolute Gasteiger partial charge is 0.307 e. The summed E-state index contributed by atoms with van der Waals surface area (Å²) in [7, 11) is 1.87. The first-order valence-corrected chi connectivity index (χ1v) is 9.39. The van der Waals surface area contributed by atoms with Crippen LogP contribution in [0.25, 0.3) is 0 Å². The Labute approximate surface area is 160 Å². The molecular formula is C21H27N5O. The van der Waals surface area contributed by atoms with Gasteiger partial charge in [-0.15, -0.1) is 0 Å². The van der Waals surface area contributed by atoms with Crippen LogP contribution in [0.5, 0.6) is 0 Å². The monoisotopic (exact) mass is 365 g/mol. The van der Waals surface area contributed by atoms with E-state index < -0.39 is 0 Å². The van der Waals surface area contributed by atoms with E-state index in [1.807, 2.05) is 49.8 Å². The van der Waals surface area contributed by atoms with Crippen molar-refractivity contribution < 1.29 is 4.79 Å². The van der Waals surface area contributed by atoms with E-state index in [0.29, 0.717) is 12.1 Å². The second-order valence-corrected chi connectivity index (χ2v) is 6.84. The molecule has 27 heavy (non-hydrogen) atoms. The summed E-state index contributed by atoms with van der Waals surface area (Å²) < 4.78 is 3.71. The van der Waals surface area contributed by atoms with E-state index in [-0.39, 0.29) is 5.91 Å². The predicted molar refractivity (Wildman–Crippen MR) is 107 cm³/mol. The third kappa shape index (κ3) is 3.94. The number of aromatic nitrogens is 4. The molecule has 0 spiro atoms. The zero-order chi connectivity index (χ0) is 19.6. The minimum absolute atomic E-state index is 0.120. The molecule has 3 aromatic rings. The minimum Gasteiger partial charge on any atom is -0.307 e. The molecule has 1 amide bonds. The topological polar surface area (TPSA) is 64.7 Å². The number of hydrogen-bond acceptors (Lipinski definition) is 3. The lowest BCUT2D eigenvalue weighted by atomic mass is 10.1. The van der Waals surface area contributed by atoms with Gasteiger partial charge in [-0.05, 0) is 50.5 Å². The summed E-state index contributed by atoms with van der Waals surface area (Å²) in [5.41, 5.74) is 5.92. The van der Waals surface area contributed by atoms with Gasteiger partial charge in [-0.25, -0.2) is 0 Å². The Balaban J connectivity index is 1.82. The zero-order valence-electron chi connectivity index (χ0n) is 16.7. The highest BCUT2D eigenvalue weighted by atomic mass is 16.1. The standard InChI is InChI=1S/C21H27N5O/c1-6-18-19(7-2)24-25(5)20(18)22-21(27)17-10-8-9-16(12-17)13-26-15(4)11-14(3)23-26/h8-12H,6-7,13H2,1-5H3,(H,22,27). The van der Waals surface area contributed by atoms with E-state index in [1.165, 1.54) is 0 Å². The number of aryl methyl sites for hydroxylation is 4. The average Bonchev–Trinajstić information content (AvgIpc) is 3.13. The molecule has 3 rings (SSSR count). The number of rotatable bonds is 6. The third-order valence-electron chi connectivity index (χ3n) is 4.77. The molecule has 0 fully saturated rings. The van der Waals surface area contributed by atoms with Crippen LogP contribution in [0.15, 0.2) is 30.3 Å². The van der Waals surface area contributed by atoms with Crippen molar-refractivity contribution in [3.63, 3.8) is 0 Å². The lowest BCUT2D eigenvalue weighted by Gasteiger charge is -2.10. The van der Waals surface area contributed by atoms with Gasteiger partial charge in [0, 0.05) is 23.9 Å². The summed E-state index contributed by atoms with van der Waals surface area (Å²) in [5, 5.41) is 12.1. The summed E-state index contributed by atoms with van der Waals surface area (Å²) >= 11 is 0. The van der Waals surface area contributed by atoms with Crippen molar-refractivity contribution in [2.24, 2.45) is 7.05 Å². The fourth-order valence-corrected chi connectivity index (χ4v) is 3.43. The van der Waals surface area contributed by atoms with Gasteiger partial charge in [0.15, 0.2) is 0 Å². The van der Waals surface area contributed by atoms with E-state index in [0.717, 1.165) is 46.9 Å². The molecule has 0 atom stereocenters. The second-order valence-electron chi connectivity index (χ2n) is 6.84. The molecule has 2 heterocycles. The van der Waals surface area contributed by atoms with Gasteiger partial charge in [-0.3, -0.25) is 14.2 Å². The van der Waals surface area contributed by atoms with E-state index >= 15 is 0 Å². The Morgan fingerprint density at radius 1 is 1.11 bits per heavy atom. The molecular weight excluding hydrogens is 338 g/mol. The molecule has 1 N–H and O–H groups in total. The second kappa shape index (κ2) is 7.78. The highest BCUT2D eigenvalue weighted by molar-refractivity contribution is 6.04. The van der Waals surface area contributed by atoms with Crippen molar-refractivity contribution in [1.82, 2.24) is 19.6 Å². The molecule has 0 aliphatic rings. The molecule has 0 saturated heterocycles. The molecule has 1 aromatic carbocycles. The van der Waals surface area contributed by atoms with Crippen molar-refractivity contribution in [2.75, 3.05) is 5.32 Å². The Morgan fingerprint density at radius 2 is 1.89 bits per heavy atom. The van der Waals surface area contributed by atoms with E-state index in [2.05, 4.69) is 35.4 Å². The lowest BCUT2D eigenvalue weighted by Crippen LogP contribution is -2.16. The molecule has 0 bridgehead atoms. The van der Waals surface area contributed by atoms with Gasteiger partial charge in [0.25, 0.3) is 5.91 Å². The van der Waals surface area contributed by atoms with Crippen molar-refractivity contribution >= 4 is 11.7 Å². The van der Waals surface area contributed by atoms with Gasteiger partial charge in [-0.1, -0.05) is 26.0 Å². The first-order chi connectivity index (χ1) is 12.9. The maximum Gasteiger partial charge on any atom is 0.256 e.